The first-order chi connectivity index (χ1) is 17.6. The number of hydrogen-bond donors (Lipinski definition) is 2. The van der Waals surface area contributed by atoms with Crippen LogP contribution in [-0.2, 0) is 0 Å². The number of aromatic nitrogens is 3. The lowest BCUT2D eigenvalue weighted by Gasteiger charge is -2.08. The van der Waals surface area contributed by atoms with Crippen LogP contribution in [0.15, 0.2) is 77.7 Å². The van der Waals surface area contributed by atoms with E-state index in [0.717, 1.165) is 77.0 Å². The van der Waals surface area contributed by atoms with Crippen LogP contribution in [0.4, 0.5) is 0 Å². The van der Waals surface area contributed by atoms with Crippen molar-refractivity contribution in [3.05, 3.63) is 113 Å². The molecule has 2 aliphatic heterocycles. The van der Waals surface area contributed by atoms with Crippen LogP contribution in [0.25, 0.3) is 58.9 Å². The maximum absolute atomic E-state index is 4.69. The number of allylic oxidation sites excluding steroid dienone is 4. The summed E-state index contributed by atoms with van der Waals surface area (Å²) in [6.45, 7) is 7.94. The molecule has 0 aromatic heterocycles. The van der Waals surface area contributed by atoms with Crippen molar-refractivity contribution in [2.75, 3.05) is 0 Å². The fraction of sp³-hybridized carbons (Fsp3) is 0. The van der Waals surface area contributed by atoms with Crippen molar-refractivity contribution in [2.24, 2.45) is 0 Å². The van der Waals surface area contributed by atoms with E-state index in [1.165, 1.54) is 0 Å². The quantitative estimate of drug-likeness (QED) is 0.280. The molecular formula is C31H21N3S2. The Balaban J connectivity index is 1.41. The maximum Gasteiger partial charge on any atom is 0.113 e. The molecule has 5 heteroatoms. The summed E-state index contributed by atoms with van der Waals surface area (Å²) in [6, 6.07) is 12.1. The third kappa shape index (κ3) is 3.68. The molecule has 172 valence electrons. The van der Waals surface area contributed by atoms with E-state index in [1.807, 2.05) is 48.6 Å². The van der Waals surface area contributed by atoms with Gasteiger partial charge in [-0.3, -0.25) is 4.98 Å². The van der Waals surface area contributed by atoms with E-state index in [9.17, 15) is 0 Å². The van der Waals surface area contributed by atoms with Crippen LogP contribution >= 0.6 is 25.3 Å². The maximum atomic E-state index is 4.69. The summed E-state index contributed by atoms with van der Waals surface area (Å²) < 4.78 is 0. The summed E-state index contributed by atoms with van der Waals surface area (Å²) in [7, 11) is 0. The fourth-order valence-electron chi connectivity index (χ4n) is 4.79. The van der Waals surface area contributed by atoms with Gasteiger partial charge in [-0.2, -0.15) is 0 Å². The molecule has 2 aromatic carbocycles. The second-order valence-corrected chi connectivity index (χ2v) is 9.56. The number of fused-ring (bicyclic) bond motifs is 3. The summed E-state index contributed by atoms with van der Waals surface area (Å²) in [5.74, 6) is 0. The number of hydrogen-bond acceptors (Lipinski definition) is 5. The van der Waals surface area contributed by atoms with Gasteiger partial charge in [-0.15, -0.1) is 35.5 Å². The summed E-state index contributed by atoms with van der Waals surface area (Å²) in [6.07, 6.45) is 18.0. The lowest BCUT2D eigenvalue weighted by molar-refractivity contribution is 1.08. The minimum atomic E-state index is 0.743. The van der Waals surface area contributed by atoms with Gasteiger partial charge in [-0.05, 0) is 80.9 Å². The normalized spacial score (nSPS) is 15.6. The van der Waals surface area contributed by atoms with Crippen molar-refractivity contribution < 1.29 is 0 Å². The third-order valence-electron chi connectivity index (χ3n) is 6.56. The molecule has 0 saturated heterocycles. The highest BCUT2D eigenvalue weighted by molar-refractivity contribution is 7.80. The second kappa shape index (κ2) is 8.94. The molecule has 0 N–H and O–H groups in total. The number of nitrogens with zero attached hydrogens (tertiary/aromatic N) is 3. The molecule has 0 atom stereocenters. The highest BCUT2D eigenvalue weighted by Crippen LogP contribution is 2.39. The smallest absolute Gasteiger partial charge is 0.113 e. The molecule has 0 spiro atoms. The lowest BCUT2D eigenvalue weighted by atomic mass is 9.98. The number of benzene rings is 2. The third-order valence-corrected chi connectivity index (χ3v) is 7.34. The SMILES string of the molecule is C=Cc1ccc(S)c2c1/C(=C/c1ccc3c(/C=C4\C=Cc5c(S)ccc(C=C)c54)nnc-3cn1)C=C2. The zero-order valence-electron chi connectivity index (χ0n) is 19.3. The Morgan fingerprint density at radius 1 is 0.667 bits per heavy atom. The van der Waals surface area contributed by atoms with Crippen LogP contribution in [0.3, 0.4) is 0 Å². The van der Waals surface area contributed by atoms with E-state index in [-0.39, 0.29) is 0 Å². The Hall–Kier alpha value is -3.93. The summed E-state index contributed by atoms with van der Waals surface area (Å²) in [5.41, 5.74) is 12.0. The van der Waals surface area contributed by atoms with Crippen LogP contribution in [0.5, 0.6) is 0 Å². The minimum Gasteiger partial charge on any atom is -0.255 e. The van der Waals surface area contributed by atoms with Gasteiger partial charge in [0.15, 0.2) is 0 Å². The zero-order chi connectivity index (χ0) is 24.8. The topological polar surface area (TPSA) is 38.7 Å². The highest BCUT2D eigenvalue weighted by Gasteiger charge is 2.19. The van der Waals surface area contributed by atoms with E-state index in [1.54, 1.807) is 6.20 Å². The van der Waals surface area contributed by atoms with E-state index < -0.39 is 0 Å². The minimum absolute atomic E-state index is 0.743. The van der Waals surface area contributed by atoms with Gasteiger partial charge in [0.25, 0.3) is 0 Å². The van der Waals surface area contributed by atoms with Crippen LogP contribution in [-0.4, -0.2) is 15.2 Å². The monoisotopic (exact) mass is 499 g/mol. The van der Waals surface area contributed by atoms with Crippen LogP contribution in [0, 0.1) is 0 Å². The standard InChI is InChI=1S/C31H21N3S2/c1-3-18-7-13-28(35)24-10-5-20(30(18)24)15-22-9-12-23-26(33-34-27(23)17-32-22)16-21-6-11-25-29(36)14-8-19(4-2)31(21)25/h3-17,35-36H,1-2H2/b20-15+,21-16+. The van der Waals surface area contributed by atoms with Crippen LogP contribution < -0.4 is 0 Å². The fourth-order valence-corrected chi connectivity index (χ4v) is 5.31. The lowest BCUT2D eigenvalue weighted by Crippen LogP contribution is -1.89. The van der Waals surface area contributed by atoms with E-state index in [0.29, 0.717) is 0 Å². The molecule has 0 amide bonds. The first-order valence-electron chi connectivity index (χ1n) is 11.5. The van der Waals surface area contributed by atoms with Crippen molar-refractivity contribution in [3.8, 4) is 11.3 Å². The van der Waals surface area contributed by atoms with Crippen molar-refractivity contribution in [1.82, 2.24) is 15.2 Å². The first-order valence-corrected chi connectivity index (χ1v) is 12.4. The van der Waals surface area contributed by atoms with Crippen molar-refractivity contribution >= 4 is 72.9 Å². The van der Waals surface area contributed by atoms with E-state index in [4.69, 9.17) is 0 Å². The van der Waals surface area contributed by atoms with Crippen LogP contribution in [0.2, 0.25) is 0 Å². The predicted molar refractivity (Wildman–Crippen MR) is 158 cm³/mol. The highest BCUT2D eigenvalue weighted by atomic mass is 32.1. The summed E-state index contributed by atoms with van der Waals surface area (Å²) >= 11 is 9.24. The molecule has 0 fully saturated rings. The van der Waals surface area contributed by atoms with Gasteiger partial charge in [-0.1, -0.05) is 61.7 Å². The molecule has 2 aromatic rings. The Labute approximate surface area is 221 Å². The van der Waals surface area contributed by atoms with Gasteiger partial charge in [0.2, 0.25) is 0 Å². The van der Waals surface area contributed by atoms with Crippen molar-refractivity contribution in [1.29, 1.82) is 0 Å². The van der Waals surface area contributed by atoms with Gasteiger partial charge in [0, 0.05) is 15.4 Å². The molecule has 4 aliphatic rings. The molecule has 2 heterocycles. The Bertz CT molecular complexity index is 1690. The first kappa shape index (κ1) is 22.5. The summed E-state index contributed by atoms with van der Waals surface area (Å²) in [4.78, 5) is 6.57. The number of rotatable bonds is 4. The largest absolute Gasteiger partial charge is 0.255 e. The van der Waals surface area contributed by atoms with Crippen molar-refractivity contribution in [2.45, 2.75) is 9.79 Å². The van der Waals surface area contributed by atoms with E-state index >= 15 is 0 Å². The second-order valence-electron chi connectivity index (χ2n) is 8.60. The Morgan fingerprint density at radius 2 is 1.28 bits per heavy atom. The zero-order valence-corrected chi connectivity index (χ0v) is 21.1. The predicted octanol–water partition coefficient (Wildman–Crippen LogP) is 7.97. The molecule has 0 saturated carbocycles. The van der Waals surface area contributed by atoms with E-state index in [2.05, 4.69) is 90.1 Å². The molecule has 0 unspecified atom stereocenters. The van der Waals surface area contributed by atoms with Gasteiger partial charge in [0.05, 0.1) is 17.6 Å². The molecular weight excluding hydrogens is 478 g/mol. The molecule has 0 bridgehead atoms. The van der Waals surface area contributed by atoms with Crippen LogP contribution in [0.1, 0.15) is 44.8 Å². The van der Waals surface area contributed by atoms with Gasteiger partial charge >= 0.3 is 0 Å². The average molecular weight is 500 g/mol. The Morgan fingerprint density at radius 3 is 1.89 bits per heavy atom. The average Bonchev–Trinajstić information content (AvgIpc) is 3.57. The van der Waals surface area contributed by atoms with Gasteiger partial charge in [-0.25, -0.2) is 0 Å². The molecule has 36 heavy (non-hydrogen) atoms. The van der Waals surface area contributed by atoms with Crippen molar-refractivity contribution in [3.63, 3.8) is 0 Å². The molecule has 0 radical (unpaired) electrons. The Kier molecular flexibility index (Phi) is 5.59. The van der Waals surface area contributed by atoms with Gasteiger partial charge < -0.3 is 0 Å². The molecule has 3 nitrogen and oxygen atoms in total. The molecule has 6 rings (SSSR count). The number of thiol groups is 2. The molecule has 2 aliphatic carbocycles. The van der Waals surface area contributed by atoms with Gasteiger partial charge in [0.1, 0.15) is 5.69 Å². The summed E-state index contributed by atoms with van der Waals surface area (Å²) in [5, 5.41) is 8.83.